The standard InChI is InChI=1S/C31H46O7/c1-8-9-10-24(32)28(34)38-25-15-30(7)14-21-17(4)11-12-22-19(6)37-29(35)27(33)31(22,36)18(5)20(21)13-23(30)26(25)16(2)3/h11,16,19-23,25-27,33,36H,5,8-10,12-15H2,1-4,6-7H3/b17-11-. The lowest BCUT2D eigenvalue weighted by Gasteiger charge is -2.54. The van der Waals surface area contributed by atoms with E-state index in [4.69, 9.17) is 9.47 Å². The largest absolute Gasteiger partial charge is 0.460 e. The van der Waals surface area contributed by atoms with Crippen LogP contribution in [0.4, 0.5) is 0 Å². The van der Waals surface area contributed by atoms with Crippen LogP contribution in [0.25, 0.3) is 0 Å². The minimum atomic E-state index is -1.77. The summed E-state index contributed by atoms with van der Waals surface area (Å²) in [5.41, 5.74) is -0.170. The second-order valence-corrected chi connectivity index (χ2v) is 13.1. The van der Waals surface area contributed by atoms with Crippen LogP contribution in [0.2, 0.25) is 0 Å². The van der Waals surface area contributed by atoms with Crippen LogP contribution < -0.4 is 0 Å². The van der Waals surface area contributed by atoms with Gasteiger partial charge >= 0.3 is 11.9 Å². The van der Waals surface area contributed by atoms with Gasteiger partial charge in [-0.15, -0.1) is 0 Å². The molecule has 2 saturated carbocycles. The number of cyclic esters (lactones) is 1. The van der Waals surface area contributed by atoms with E-state index >= 15 is 0 Å². The van der Waals surface area contributed by atoms with E-state index in [0.717, 1.165) is 12.8 Å². The third-order valence-electron chi connectivity index (χ3n) is 10.5. The molecule has 10 unspecified atom stereocenters. The summed E-state index contributed by atoms with van der Waals surface area (Å²) < 4.78 is 11.3. The summed E-state index contributed by atoms with van der Waals surface area (Å²) in [5.74, 6) is -2.10. The number of aliphatic hydroxyl groups is 2. The molecular weight excluding hydrogens is 484 g/mol. The quantitative estimate of drug-likeness (QED) is 0.295. The summed E-state index contributed by atoms with van der Waals surface area (Å²) in [6.07, 6.45) is 3.97. The molecule has 4 aliphatic rings. The van der Waals surface area contributed by atoms with Gasteiger partial charge in [0.05, 0.1) is 0 Å². The van der Waals surface area contributed by atoms with Gasteiger partial charge < -0.3 is 19.7 Å². The van der Waals surface area contributed by atoms with Crippen LogP contribution >= 0.6 is 0 Å². The lowest BCUT2D eigenvalue weighted by Crippen LogP contribution is -2.63. The average molecular weight is 531 g/mol. The van der Waals surface area contributed by atoms with E-state index in [0.29, 0.717) is 31.3 Å². The predicted octanol–water partition coefficient (Wildman–Crippen LogP) is 4.54. The molecule has 2 N–H and O–H groups in total. The zero-order valence-corrected chi connectivity index (χ0v) is 23.9. The highest BCUT2D eigenvalue weighted by molar-refractivity contribution is 6.33. The van der Waals surface area contributed by atoms with E-state index in [9.17, 15) is 24.6 Å². The Bertz CT molecular complexity index is 1010. The first kappa shape index (κ1) is 29.0. The van der Waals surface area contributed by atoms with Gasteiger partial charge in [0.1, 0.15) is 17.8 Å². The second kappa shape index (κ2) is 10.5. The molecule has 1 heterocycles. The van der Waals surface area contributed by atoms with E-state index in [1.807, 2.05) is 6.92 Å². The molecule has 0 bridgehead atoms. The van der Waals surface area contributed by atoms with Crippen molar-refractivity contribution in [1.29, 1.82) is 0 Å². The number of hydrogen-bond acceptors (Lipinski definition) is 7. The Morgan fingerprint density at radius 2 is 1.92 bits per heavy atom. The van der Waals surface area contributed by atoms with Gasteiger partial charge in [-0.2, -0.15) is 0 Å². The molecule has 4 rings (SSSR count). The zero-order valence-electron chi connectivity index (χ0n) is 23.9. The van der Waals surface area contributed by atoms with Crippen LogP contribution in [0.5, 0.6) is 0 Å². The van der Waals surface area contributed by atoms with E-state index < -0.39 is 41.4 Å². The molecule has 212 valence electrons. The minimum Gasteiger partial charge on any atom is -0.460 e. The van der Waals surface area contributed by atoms with Gasteiger partial charge in [-0.25, -0.2) is 9.59 Å². The number of ketones is 1. The molecule has 0 aromatic carbocycles. The van der Waals surface area contributed by atoms with Gasteiger partial charge in [-0.1, -0.05) is 52.3 Å². The highest BCUT2D eigenvalue weighted by Crippen LogP contribution is 2.63. The van der Waals surface area contributed by atoms with Crippen LogP contribution in [0.3, 0.4) is 0 Å². The lowest BCUT2D eigenvalue weighted by atomic mass is 9.53. The number of carbonyl (C=O) groups excluding carboxylic acids is 3. The van der Waals surface area contributed by atoms with E-state index in [2.05, 4.69) is 40.3 Å². The number of rotatable bonds is 6. The molecular formula is C31H46O7. The predicted molar refractivity (Wildman–Crippen MR) is 143 cm³/mol. The Morgan fingerprint density at radius 1 is 1.24 bits per heavy atom. The number of carbonyl (C=O) groups is 3. The molecule has 10 atom stereocenters. The fraction of sp³-hybridized carbons (Fsp3) is 0.774. The number of esters is 2. The van der Waals surface area contributed by atoms with Gasteiger partial charge in [0.25, 0.3) is 0 Å². The summed E-state index contributed by atoms with van der Waals surface area (Å²) in [4.78, 5) is 37.6. The number of unbranched alkanes of at least 4 members (excludes halogenated alkanes) is 1. The first-order chi connectivity index (χ1) is 17.8. The maximum atomic E-state index is 12.7. The number of hydrogen-bond donors (Lipinski definition) is 2. The SMILES string of the molecule is C=C1C2CC3C(C(C)C)C(OC(=O)C(=O)CCCC)CC3(C)CC2/C(C)=C\CC2C(C)OC(=O)C(O)C12O. The van der Waals surface area contributed by atoms with Crippen LogP contribution in [0, 0.1) is 40.9 Å². The molecule has 0 spiro atoms. The molecule has 0 radical (unpaired) electrons. The Balaban J connectivity index is 1.67. The van der Waals surface area contributed by atoms with Crippen molar-refractivity contribution in [3.8, 4) is 0 Å². The molecule has 0 aromatic rings. The van der Waals surface area contributed by atoms with Crippen molar-refractivity contribution in [3.63, 3.8) is 0 Å². The normalized spacial score (nSPS) is 44.1. The highest BCUT2D eigenvalue weighted by atomic mass is 16.6. The van der Waals surface area contributed by atoms with Crippen molar-refractivity contribution in [1.82, 2.24) is 0 Å². The fourth-order valence-corrected chi connectivity index (χ4v) is 8.37. The first-order valence-electron chi connectivity index (χ1n) is 14.5. The molecule has 0 amide bonds. The third-order valence-corrected chi connectivity index (χ3v) is 10.5. The average Bonchev–Trinajstić information content (AvgIpc) is 3.14. The highest BCUT2D eigenvalue weighted by Gasteiger charge is 2.62. The van der Waals surface area contributed by atoms with Crippen molar-refractivity contribution >= 4 is 17.7 Å². The van der Waals surface area contributed by atoms with Crippen molar-refractivity contribution in [2.24, 2.45) is 40.9 Å². The second-order valence-electron chi connectivity index (χ2n) is 13.1. The van der Waals surface area contributed by atoms with E-state index in [1.54, 1.807) is 6.92 Å². The van der Waals surface area contributed by atoms with Crippen LogP contribution in [-0.2, 0) is 23.9 Å². The number of aliphatic hydroxyl groups excluding tert-OH is 1. The summed E-state index contributed by atoms with van der Waals surface area (Å²) in [6, 6.07) is 0. The molecule has 38 heavy (non-hydrogen) atoms. The van der Waals surface area contributed by atoms with Gasteiger partial charge in [-0.3, -0.25) is 4.79 Å². The monoisotopic (exact) mass is 530 g/mol. The van der Waals surface area contributed by atoms with Crippen molar-refractivity contribution < 1.29 is 34.1 Å². The van der Waals surface area contributed by atoms with E-state index in [1.165, 1.54) is 5.57 Å². The third kappa shape index (κ3) is 4.68. The number of allylic oxidation sites excluding steroid dienone is 2. The Labute approximate surface area is 227 Å². The lowest BCUT2D eigenvalue weighted by molar-refractivity contribution is -0.209. The summed E-state index contributed by atoms with van der Waals surface area (Å²) in [7, 11) is 0. The minimum absolute atomic E-state index is 0.0528. The topological polar surface area (TPSA) is 110 Å². The molecule has 1 aliphatic heterocycles. The zero-order chi connectivity index (χ0) is 28.2. The molecule has 3 aliphatic carbocycles. The van der Waals surface area contributed by atoms with Crippen molar-refractivity contribution in [2.45, 2.75) is 110 Å². The Kier molecular flexibility index (Phi) is 8.04. The number of fused-ring (bicyclic) bond motifs is 3. The smallest absolute Gasteiger partial charge is 0.374 e. The van der Waals surface area contributed by atoms with Gasteiger partial charge in [0.2, 0.25) is 5.78 Å². The molecule has 7 heteroatoms. The Morgan fingerprint density at radius 3 is 2.55 bits per heavy atom. The summed E-state index contributed by atoms with van der Waals surface area (Å²) >= 11 is 0. The molecule has 0 aromatic heterocycles. The summed E-state index contributed by atoms with van der Waals surface area (Å²) in [5, 5.41) is 22.9. The number of Topliss-reactive ketones (excluding diaryl/α,β-unsaturated/α-hetero) is 1. The number of ether oxygens (including phenoxy) is 2. The Hall–Kier alpha value is -1.99. The van der Waals surface area contributed by atoms with Crippen LogP contribution in [0.1, 0.15) is 86.5 Å². The maximum Gasteiger partial charge on any atom is 0.374 e. The van der Waals surface area contributed by atoms with Crippen molar-refractivity contribution in [3.05, 3.63) is 23.8 Å². The maximum absolute atomic E-state index is 12.7. The first-order valence-corrected chi connectivity index (χ1v) is 14.5. The van der Waals surface area contributed by atoms with Crippen LogP contribution in [0.15, 0.2) is 23.8 Å². The summed E-state index contributed by atoms with van der Waals surface area (Å²) in [6.45, 7) is 16.8. The fourth-order valence-electron chi connectivity index (χ4n) is 8.37. The van der Waals surface area contributed by atoms with Gasteiger partial charge in [-0.05, 0) is 80.6 Å². The molecule has 3 fully saturated rings. The van der Waals surface area contributed by atoms with Crippen molar-refractivity contribution in [2.75, 3.05) is 0 Å². The van der Waals surface area contributed by atoms with Gasteiger partial charge in [0.15, 0.2) is 6.10 Å². The molecule has 1 saturated heterocycles. The van der Waals surface area contributed by atoms with Crippen LogP contribution in [-0.4, -0.2) is 51.8 Å². The molecule has 7 nitrogen and oxygen atoms in total. The van der Waals surface area contributed by atoms with E-state index in [-0.39, 0.29) is 47.5 Å². The van der Waals surface area contributed by atoms with Gasteiger partial charge in [0, 0.05) is 18.3 Å².